The van der Waals surface area contributed by atoms with E-state index in [9.17, 15) is 0 Å². The predicted octanol–water partition coefficient (Wildman–Crippen LogP) is 3.17. The van der Waals surface area contributed by atoms with Crippen molar-refractivity contribution < 1.29 is 4.74 Å². The average Bonchev–Trinajstić information content (AvgIpc) is 3.22. The molecule has 106 valence electrons. The van der Waals surface area contributed by atoms with Crippen LogP contribution in [0.25, 0.3) is 0 Å². The molecule has 1 fully saturated rings. The fourth-order valence-electron chi connectivity index (χ4n) is 2.44. The van der Waals surface area contributed by atoms with Crippen LogP contribution in [0.3, 0.4) is 0 Å². The van der Waals surface area contributed by atoms with Gasteiger partial charge in [0.1, 0.15) is 0 Å². The predicted molar refractivity (Wildman–Crippen MR) is 80.3 cm³/mol. The molecule has 0 radical (unpaired) electrons. The van der Waals surface area contributed by atoms with Crippen LogP contribution in [0.15, 0.2) is 18.2 Å². The number of rotatable bonds is 7. The van der Waals surface area contributed by atoms with Gasteiger partial charge in [0.25, 0.3) is 0 Å². The van der Waals surface area contributed by atoms with Gasteiger partial charge in [-0.3, -0.25) is 4.90 Å². The summed E-state index contributed by atoms with van der Waals surface area (Å²) in [6, 6.07) is 6.51. The number of benzene rings is 1. The van der Waals surface area contributed by atoms with Crippen LogP contribution in [0.2, 0.25) is 5.02 Å². The second-order valence-corrected chi connectivity index (χ2v) is 5.80. The van der Waals surface area contributed by atoms with Crippen molar-refractivity contribution in [2.24, 2.45) is 5.92 Å². The lowest BCUT2D eigenvalue weighted by Crippen LogP contribution is -2.36. The Hall–Kier alpha value is -0.770. The van der Waals surface area contributed by atoms with Crippen molar-refractivity contribution in [1.29, 1.82) is 0 Å². The summed E-state index contributed by atoms with van der Waals surface area (Å²) in [4.78, 5) is 2.48. The minimum atomic E-state index is 0.604. The monoisotopic (exact) mass is 282 g/mol. The van der Waals surface area contributed by atoms with Gasteiger partial charge in [-0.05, 0) is 43.4 Å². The Morgan fingerprint density at radius 1 is 1.47 bits per heavy atom. The number of nitrogens with zero attached hydrogens (tertiary/aromatic N) is 1. The zero-order valence-corrected chi connectivity index (χ0v) is 12.5. The van der Waals surface area contributed by atoms with Gasteiger partial charge in [0, 0.05) is 26.2 Å². The van der Waals surface area contributed by atoms with Gasteiger partial charge < -0.3 is 10.5 Å². The average molecular weight is 283 g/mol. The van der Waals surface area contributed by atoms with Crippen molar-refractivity contribution in [2.45, 2.75) is 32.4 Å². The normalized spacial score (nSPS) is 16.8. The zero-order valence-electron chi connectivity index (χ0n) is 11.7. The molecule has 0 amide bonds. The number of hydrogen-bond acceptors (Lipinski definition) is 3. The van der Waals surface area contributed by atoms with E-state index >= 15 is 0 Å². The number of anilines is 1. The highest BCUT2D eigenvalue weighted by atomic mass is 35.5. The Morgan fingerprint density at radius 2 is 2.21 bits per heavy atom. The topological polar surface area (TPSA) is 38.5 Å². The van der Waals surface area contributed by atoms with Crippen LogP contribution in [-0.2, 0) is 11.3 Å². The summed E-state index contributed by atoms with van der Waals surface area (Å²) < 4.78 is 5.22. The molecular weight excluding hydrogens is 260 g/mol. The van der Waals surface area contributed by atoms with Gasteiger partial charge in [-0.15, -0.1) is 0 Å². The summed E-state index contributed by atoms with van der Waals surface area (Å²) in [6.45, 7) is 4.94. The minimum absolute atomic E-state index is 0.604. The maximum absolute atomic E-state index is 5.97. The van der Waals surface area contributed by atoms with Gasteiger partial charge in [-0.25, -0.2) is 0 Å². The quantitative estimate of drug-likeness (QED) is 0.781. The lowest BCUT2D eigenvalue weighted by atomic mass is 10.1. The molecule has 0 spiro atoms. The third kappa shape index (κ3) is 4.10. The summed E-state index contributed by atoms with van der Waals surface area (Å²) in [5, 5.41) is 0.627. The molecule has 1 aliphatic rings. The minimum Gasteiger partial charge on any atom is -0.398 e. The molecule has 2 N–H and O–H groups in total. The molecule has 2 rings (SSSR count). The van der Waals surface area contributed by atoms with E-state index in [1.165, 1.54) is 18.4 Å². The van der Waals surface area contributed by atoms with Crippen LogP contribution in [0.5, 0.6) is 0 Å². The summed E-state index contributed by atoms with van der Waals surface area (Å²) in [5.41, 5.74) is 7.74. The molecule has 0 aromatic heterocycles. The third-order valence-corrected chi connectivity index (χ3v) is 4.25. The lowest BCUT2D eigenvalue weighted by Gasteiger charge is -2.29. The van der Waals surface area contributed by atoms with E-state index in [0.29, 0.717) is 16.8 Å². The molecule has 0 aliphatic heterocycles. The van der Waals surface area contributed by atoms with Crippen LogP contribution in [0, 0.1) is 5.92 Å². The SMILES string of the molecule is COCCN(Cc1ccc(Cl)c(N)c1)C(C)C1CC1. The standard InChI is InChI=1S/C15H23ClN2O/c1-11(13-4-5-13)18(7-8-19-2)10-12-3-6-14(16)15(17)9-12/h3,6,9,11,13H,4-5,7-8,10,17H2,1-2H3. The van der Waals surface area contributed by atoms with Gasteiger partial charge in [-0.1, -0.05) is 17.7 Å². The molecule has 0 heterocycles. The third-order valence-electron chi connectivity index (χ3n) is 3.91. The summed E-state index contributed by atoms with van der Waals surface area (Å²) in [5.74, 6) is 0.849. The first-order valence-corrected chi connectivity index (χ1v) is 7.26. The second-order valence-electron chi connectivity index (χ2n) is 5.40. The van der Waals surface area contributed by atoms with Crippen LogP contribution in [0.4, 0.5) is 5.69 Å². The number of halogens is 1. The molecular formula is C15H23ClN2O. The number of hydrogen-bond donors (Lipinski definition) is 1. The number of ether oxygens (including phenoxy) is 1. The molecule has 0 bridgehead atoms. The van der Waals surface area contributed by atoms with E-state index in [1.807, 2.05) is 12.1 Å². The number of nitrogens with two attached hydrogens (primary N) is 1. The highest BCUT2D eigenvalue weighted by molar-refractivity contribution is 6.33. The van der Waals surface area contributed by atoms with Crippen LogP contribution in [0.1, 0.15) is 25.3 Å². The summed E-state index contributed by atoms with van der Waals surface area (Å²) >= 11 is 5.97. The maximum Gasteiger partial charge on any atom is 0.0635 e. The smallest absolute Gasteiger partial charge is 0.0635 e. The second kappa shape index (κ2) is 6.60. The summed E-state index contributed by atoms with van der Waals surface area (Å²) in [6.07, 6.45) is 2.71. The zero-order chi connectivity index (χ0) is 13.8. The van der Waals surface area contributed by atoms with Crippen LogP contribution in [-0.4, -0.2) is 31.2 Å². The molecule has 1 aromatic rings. The first kappa shape index (κ1) is 14.6. The molecule has 1 saturated carbocycles. The molecule has 4 heteroatoms. The van der Waals surface area contributed by atoms with Gasteiger partial charge in [0.15, 0.2) is 0 Å². The molecule has 0 saturated heterocycles. The van der Waals surface area contributed by atoms with Gasteiger partial charge in [0.05, 0.1) is 17.3 Å². The molecule has 3 nitrogen and oxygen atoms in total. The summed E-state index contributed by atoms with van der Waals surface area (Å²) in [7, 11) is 1.75. The van der Waals surface area contributed by atoms with E-state index in [4.69, 9.17) is 22.1 Å². The van der Waals surface area contributed by atoms with Crippen molar-refractivity contribution in [2.75, 3.05) is 26.0 Å². The molecule has 19 heavy (non-hydrogen) atoms. The van der Waals surface area contributed by atoms with Crippen molar-refractivity contribution >= 4 is 17.3 Å². The van der Waals surface area contributed by atoms with Crippen molar-refractivity contribution in [3.05, 3.63) is 28.8 Å². The fraction of sp³-hybridized carbons (Fsp3) is 0.600. The Morgan fingerprint density at radius 3 is 2.79 bits per heavy atom. The van der Waals surface area contributed by atoms with Crippen molar-refractivity contribution in [3.8, 4) is 0 Å². The molecule has 1 aliphatic carbocycles. The molecule has 1 atom stereocenters. The first-order valence-electron chi connectivity index (χ1n) is 6.88. The Kier molecular flexibility index (Phi) is 5.08. The van der Waals surface area contributed by atoms with E-state index in [0.717, 1.165) is 25.6 Å². The fourth-order valence-corrected chi connectivity index (χ4v) is 2.56. The number of nitrogen functional groups attached to an aromatic ring is 1. The van der Waals surface area contributed by atoms with Crippen LogP contribution >= 0.6 is 11.6 Å². The molecule has 1 unspecified atom stereocenters. The van der Waals surface area contributed by atoms with E-state index in [-0.39, 0.29) is 0 Å². The lowest BCUT2D eigenvalue weighted by molar-refractivity contribution is 0.111. The van der Waals surface area contributed by atoms with Crippen LogP contribution < -0.4 is 5.73 Å². The van der Waals surface area contributed by atoms with E-state index < -0.39 is 0 Å². The largest absolute Gasteiger partial charge is 0.398 e. The Balaban J connectivity index is 2.02. The van der Waals surface area contributed by atoms with Gasteiger partial charge >= 0.3 is 0 Å². The van der Waals surface area contributed by atoms with Gasteiger partial charge in [0.2, 0.25) is 0 Å². The van der Waals surface area contributed by atoms with E-state index in [2.05, 4.69) is 17.9 Å². The van der Waals surface area contributed by atoms with Crippen molar-refractivity contribution in [3.63, 3.8) is 0 Å². The van der Waals surface area contributed by atoms with Gasteiger partial charge in [-0.2, -0.15) is 0 Å². The Bertz CT molecular complexity index is 421. The maximum atomic E-state index is 5.97. The first-order chi connectivity index (χ1) is 9.11. The Labute approximate surface area is 120 Å². The number of methoxy groups -OCH3 is 1. The highest BCUT2D eigenvalue weighted by Gasteiger charge is 2.31. The van der Waals surface area contributed by atoms with Crippen molar-refractivity contribution in [1.82, 2.24) is 4.90 Å². The highest BCUT2D eigenvalue weighted by Crippen LogP contribution is 2.35. The molecule has 1 aromatic carbocycles. The van der Waals surface area contributed by atoms with E-state index in [1.54, 1.807) is 7.11 Å².